The van der Waals surface area contributed by atoms with Crippen molar-refractivity contribution < 1.29 is 19.5 Å². The molecule has 2 saturated heterocycles. The van der Waals surface area contributed by atoms with E-state index in [0.29, 0.717) is 17.8 Å². The van der Waals surface area contributed by atoms with E-state index in [-0.39, 0.29) is 31.4 Å². The lowest BCUT2D eigenvalue weighted by Crippen LogP contribution is -2.42. The van der Waals surface area contributed by atoms with E-state index in [0.717, 1.165) is 0 Å². The van der Waals surface area contributed by atoms with Gasteiger partial charge >= 0.3 is 5.97 Å². The van der Waals surface area contributed by atoms with E-state index in [9.17, 15) is 19.5 Å². The van der Waals surface area contributed by atoms with Crippen LogP contribution in [0.2, 0.25) is 0 Å². The summed E-state index contributed by atoms with van der Waals surface area (Å²) in [6.45, 7) is 2.55. The molecule has 2 aromatic rings. The topological polar surface area (TPSA) is 121 Å². The van der Waals surface area contributed by atoms with Crippen molar-refractivity contribution in [3.63, 3.8) is 0 Å². The zero-order valence-corrected chi connectivity index (χ0v) is 13.5. The van der Waals surface area contributed by atoms with Crippen molar-refractivity contribution in [3.05, 3.63) is 23.9 Å². The van der Waals surface area contributed by atoms with Gasteiger partial charge < -0.3 is 14.9 Å². The number of fused-ring (bicyclic) bond motifs is 2. The monoisotopic (exact) mass is 344 g/mol. The van der Waals surface area contributed by atoms with Gasteiger partial charge in [-0.15, -0.1) is 5.10 Å². The minimum atomic E-state index is -1.23. The Morgan fingerprint density at radius 1 is 1.40 bits per heavy atom. The van der Waals surface area contributed by atoms with Crippen LogP contribution in [0.3, 0.4) is 0 Å². The van der Waals surface area contributed by atoms with Gasteiger partial charge in [0.15, 0.2) is 5.65 Å². The van der Waals surface area contributed by atoms with Gasteiger partial charge in [-0.1, -0.05) is 0 Å². The van der Waals surface area contributed by atoms with Gasteiger partial charge in [-0.25, -0.2) is 4.52 Å². The van der Waals surface area contributed by atoms with Crippen LogP contribution in [0.15, 0.2) is 18.3 Å². The molecule has 0 aromatic carbocycles. The zero-order chi connectivity index (χ0) is 17.8. The Morgan fingerprint density at radius 3 is 2.88 bits per heavy atom. The summed E-state index contributed by atoms with van der Waals surface area (Å²) < 4.78 is 1.43. The third-order valence-corrected chi connectivity index (χ3v) is 5.17. The lowest BCUT2D eigenvalue weighted by Gasteiger charge is -2.24. The lowest BCUT2D eigenvalue weighted by molar-refractivity contribution is -0.149. The number of hydrogen-bond donors (Lipinski definition) is 1. The second-order valence-corrected chi connectivity index (χ2v) is 6.45. The standard InChI is InChI=1S/C15H16N6O4/c1-2-19-7-15(14(24)25)8-20(6-10(15)13(19)23)12(22)9-3-4-21-11(5-9)16-17-18-21/h3-5,10H,2,6-8H2,1H3,(H,24,25)/t10-,15+/m0/s1. The van der Waals surface area contributed by atoms with E-state index in [1.54, 1.807) is 23.2 Å². The number of pyridine rings is 1. The molecule has 2 atom stereocenters. The summed E-state index contributed by atoms with van der Waals surface area (Å²) in [5, 5.41) is 20.8. The summed E-state index contributed by atoms with van der Waals surface area (Å²) >= 11 is 0. The van der Waals surface area contributed by atoms with E-state index < -0.39 is 17.3 Å². The molecule has 1 N–H and O–H groups in total. The van der Waals surface area contributed by atoms with E-state index in [2.05, 4.69) is 15.5 Å². The SMILES string of the molecule is CCN1C[C@@]2(C(=O)O)CN(C(=O)c3ccn4nnnc4c3)C[C@H]2C1=O. The van der Waals surface area contributed by atoms with Crippen molar-refractivity contribution >= 4 is 23.4 Å². The molecule has 130 valence electrons. The van der Waals surface area contributed by atoms with Crippen molar-refractivity contribution in [2.75, 3.05) is 26.2 Å². The number of hydrogen-bond acceptors (Lipinski definition) is 6. The Labute approximate surface area is 142 Å². The molecule has 4 heterocycles. The Kier molecular flexibility index (Phi) is 3.24. The molecule has 0 aliphatic carbocycles. The van der Waals surface area contributed by atoms with Gasteiger partial charge in [0.2, 0.25) is 5.91 Å². The highest BCUT2D eigenvalue weighted by Gasteiger charge is 2.62. The van der Waals surface area contributed by atoms with Crippen molar-refractivity contribution in [3.8, 4) is 0 Å². The fourth-order valence-electron chi connectivity index (χ4n) is 3.79. The minimum Gasteiger partial charge on any atom is -0.481 e. The van der Waals surface area contributed by atoms with Crippen LogP contribution in [0.5, 0.6) is 0 Å². The predicted molar refractivity (Wildman–Crippen MR) is 82.5 cm³/mol. The maximum atomic E-state index is 12.8. The lowest BCUT2D eigenvalue weighted by atomic mass is 9.81. The van der Waals surface area contributed by atoms with Crippen LogP contribution in [0, 0.1) is 11.3 Å². The molecule has 2 aromatic heterocycles. The van der Waals surface area contributed by atoms with Crippen LogP contribution in [-0.4, -0.2) is 78.9 Å². The average molecular weight is 344 g/mol. The third kappa shape index (κ3) is 2.10. The maximum absolute atomic E-state index is 12.8. The Balaban J connectivity index is 1.64. The fourth-order valence-corrected chi connectivity index (χ4v) is 3.79. The molecule has 0 radical (unpaired) electrons. The molecule has 2 aliphatic rings. The number of carbonyl (C=O) groups excluding carboxylic acids is 2. The largest absolute Gasteiger partial charge is 0.481 e. The summed E-state index contributed by atoms with van der Waals surface area (Å²) in [4.78, 5) is 40.2. The van der Waals surface area contributed by atoms with Gasteiger partial charge in [0.1, 0.15) is 5.41 Å². The highest BCUT2D eigenvalue weighted by atomic mass is 16.4. The summed E-state index contributed by atoms with van der Waals surface area (Å²) in [5.74, 6) is -2.25. The van der Waals surface area contributed by atoms with Crippen LogP contribution in [0.4, 0.5) is 0 Å². The first kappa shape index (κ1) is 15.5. The molecule has 10 heteroatoms. The number of carboxylic acids is 1. The summed E-state index contributed by atoms with van der Waals surface area (Å²) in [6.07, 6.45) is 1.57. The van der Waals surface area contributed by atoms with E-state index in [1.165, 1.54) is 9.42 Å². The summed E-state index contributed by atoms with van der Waals surface area (Å²) in [7, 11) is 0. The maximum Gasteiger partial charge on any atom is 0.314 e. The van der Waals surface area contributed by atoms with Gasteiger partial charge in [-0.3, -0.25) is 14.4 Å². The smallest absolute Gasteiger partial charge is 0.314 e. The molecule has 4 rings (SSSR count). The quantitative estimate of drug-likeness (QED) is 0.768. The number of amides is 2. The van der Waals surface area contributed by atoms with Gasteiger partial charge in [-0.2, -0.15) is 0 Å². The number of carbonyl (C=O) groups is 3. The first-order valence-corrected chi connectivity index (χ1v) is 7.95. The van der Waals surface area contributed by atoms with E-state index >= 15 is 0 Å². The third-order valence-electron chi connectivity index (χ3n) is 5.17. The molecule has 2 amide bonds. The van der Waals surface area contributed by atoms with Crippen LogP contribution in [0.25, 0.3) is 5.65 Å². The van der Waals surface area contributed by atoms with Gasteiger partial charge in [0.05, 0.1) is 5.92 Å². The second-order valence-electron chi connectivity index (χ2n) is 6.45. The molecule has 2 fully saturated rings. The molecular weight excluding hydrogens is 328 g/mol. The zero-order valence-electron chi connectivity index (χ0n) is 13.5. The molecule has 0 bridgehead atoms. The highest BCUT2D eigenvalue weighted by Crippen LogP contribution is 2.43. The average Bonchev–Trinajstić information content (AvgIpc) is 3.27. The van der Waals surface area contributed by atoms with Crippen molar-refractivity contribution in [2.24, 2.45) is 11.3 Å². The van der Waals surface area contributed by atoms with Gasteiger partial charge in [0, 0.05) is 37.9 Å². The van der Waals surface area contributed by atoms with Crippen molar-refractivity contribution in [1.82, 2.24) is 29.8 Å². The van der Waals surface area contributed by atoms with Crippen LogP contribution in [-0.2, 0) is 9.59 Å². The minimum absolute atomic E-state index is 0.0180. The number of rotatable bonds is 3. The Bertz CT molecular complexity index is 895. The first-order chi connectivity index (χ1) is 12.0. The van der Waals surface area contributed by atoms with E-state index in [1.807, 2.05) is 6.92 Å². The fraction of sp³-hybridized carbons (Fsp3) is 0.467. The summed E-state index contributed by atoms with van der Waals surface area (Å²) in [5.41, 5.74) is -0.447. The first-order valence-electron chi connectivity index (χ1n) is 7.95. The Morgan fingerprint density at radius 2 is 2.20 bits per heavy atom. The van der Waals surface area contributed by atoms with Crippen molar-refractivity contribution in [2.45, 2.75) is 6.92 Å². The Hall–Kier alpha value is -3.04. The number of aliphatic carboxylic acids is 1. The molecule has 0 unspecified atom stereocenters. The number of likely N-dealkylation sites (tertiary alicyclic amines) is 2. The normalized spacial score (nSPS) is 25.6. The second kappa shape index (κ2) is 5.23. The van der Waals surface area contributed by atoms with Crippen LogP contribution in [0.1, 0.15) is 17.3 Å². The number of nitrogens with zero attached hydrogens (tertiary/aromatic N) is 6. The number of aromatic nitrogens is 4. The number of tetrazole rings is 1. The predicted octanol–water partition coefficient (Wildman–Crippen LogP) is -0.871. The number of carboxylic acid groups (broad SMARTS) is 1. The summed E-state index contributed by atoms with van der Waals surface area (Å²) in [6, 6.07) is 3.12. The molecule has 2 aliphatic heterocycles. The van der Waals surface area contributed by atoms with Gasteiger partial charge in [0.25, 0.3) is 5.91 Å². The van der Waals surface area contributed by atoms with E-state index in [4.69, 9.17) is 0 Å². The van der Waals surface area contributed by atoms with Crippen LogP contribution >= 0.6 is 0 Å². The molecule has 10 nitrogen and oxygen atoms in total. The van der Waals surface area contributed by atoms with Gasteiger partial charge in [-0.05, 0) is 29.5 Å². The molecule has 0 spiro atoms. The highest BCUT2D eigenvalue weighted by molar-refractivity contribution is 5.98. The molecular formula is C15H16N6O4. The van der Waals surface area contributed by atoms with Crippen molar-refractivity contribution in [1.29, 1.82) is 0 Å². The van der Waals surface area contributed by atoms with Crippen LogP contribution < -0.4 is 0 Å². The molecule has 0 saturated carbocycles. The molecule has 25 heavy (non-hydrogen) atoms.